The molecule has 0 heterocycles. The molecule has 0 aromatic carbocycles. The summed E-state index contributed by atoms with van der Waals surface area (Å²) in [6.07, 6.45) is 0. The van der Waals surface area contributed by atoms with Crippen molar-refractivity contribution in [3.8, 4) is 0 Å². The first-order chi connectivity index (χ1) is 2.41. The maximum atomic E-state index is 8.42. The zero-order valence-corrected chi connectivity index (χ0v) is 3.11. The molecule has 4 nitrogen and oxygen atoms in total. The summed E-state index contributed by atoms with van der Waals surface area (Å²) in [5.74, 6) is 0. The molecule has 0 saturated heterocycles. The van der Waals surface area contributed by atoms with Crippen LogP contribution in [0.2, 0.25) is 0 Å². The van der Waals surface area contributed by atoms with Gasteiger partial charge < -0.3 is 0 Å². The molecule has 0 aliphatic rings. The largest absolute Gasteiger partial charge is 0.154 e. The molecule has 0 rings (SSSR count). The van der Waals surface area contributed by atoms with Crippen LogP contribution in [0.3, 0.4) is 0 Å². The van der Waals surface area contributed by atoms with Gasteiger partial charge >= 0.3 is 0 Å². The average Bonchev–Trinajstić information content (AvgIpc) is 1.46. The van der Waals surface area contributed by atoms with Crippen molar-refractivity contribution in [1.29, 1.82) is 5.59 Å². The molecule has 1 N–H and O–H groups in total. The van der Waals surface area contributed by atoms with Gasteiger partial charge in [-0.1, -0.05) is 5.59 Å². The number of nitrogens with zero attached hydrogens (tertiary/aromatic N) is 1. The molecular weight excluding hydrogens is 92.1 g/mol. The second-order valence-electron chi connectivity index (χ2n) is 0.0816. The van der Waals surface area contributed by atoms with Crippen molar-refractivity contribution >= 4 is 12.8 Å². The standard InChI is InChI=1S/HNOS.HNO/c2-1-3;1-2/h(H,2,3);1H. The summed E-state index contributed by atoms with van der Waals surface area (Å²) in [7, 11) is 0. The monoisotopic (exact) mass is 94.0 g/mol. The van der Waals surface area contributed by atoms with Crippen LogP contribution in [0.15, 0.2) is 4.58 Å². The molecule has 0 amide bonds. The van der Waals surface area contributed by atoms with Gasteiger partial charge in [-0.3, -0.25) is 0 Å². The quantitative estimate of drug-likeness (QED) is 0.346. The SMILES string of the molecule is N=O.O=NS. The molecule has 5 heteroatoms. The minimum absolute atomic E-state index is 1.94. The lowest BCUT2D eigenvalue weighted by Gasteiger charge is -1.25. The Morgan fingerprint density at radius 2 is 1.60 bits per heavy atom. The van der Waals surface area contributed by atoms with Gasteiger partial charge in [-0.15, -0.1) is 4.91 Å². The first-order valence-corrected chi connectivity index (χ1v) is 0.987. The third-order valence-electron chi connectivity index (χ3n) is 0. The van der Waals surface area contributed by atoms with Crippen LogP contribution in [0.5, 0.6) is 0 Å². The van der Waals surface area contributed by atoms with Gasteiger partial charge in [0.2, 0.25) is 0 Å². The Balaban J connectivity index is 0. The van der Waals surface area contributed by atoms with Gasteiger partial charge in [0.05, 0.1) is 0 Å². The average molecular weight is 94.1 g/mol. The number of hydrogen-bond donors (Lipinski definition) is 2. The molecule has 0 bridgehead atoms. The minimum Gasteiger partial charge on any atom is -0.154 e. The fraction of sp³-hybridized carbons (Fsp3) is 0. The zero-order chi connectivity index (χ0) is 4.71. The highest BCUT2D eigenvalue weighted by Gasteiger charge is 1.21. The number of nitrogens with one attached hydrogen (secondary N) is 1. The highest BCUT2D eigenvalue weighted by Crippen LogP contribution is 1.58. The summed E-state index contributed by atoms with van der Waals surface area (Å²) < 4.78 is 1.94. The van der Waals surface area contributed by atoms with Crippen LogP contribution < -0.4 is 0 Å². The number of nitroso groups, excluding NO2 is 2. The summed E-state index contributed by atoms with van der Waals surface area (Å²) in [4.78, 5) is 15.9. The van der Waals surface area contributed by atoms with Crippen molar-refractivity contribution in [3.05, 3.63) is 9.81 Å². The van der Waals surface area contributed by atoms with Gasteiger partial charge in [-0.2, -0.15) is 4.91 Å². The van der Waals surface area contributed by atoms with E-state index < -0.39 is 0 Å². The van der Waals surface area contributed by atoms with E-state index in [2.05, 4.69) is 18.4 Å². The van der Waals surface area contributed by atoms with E-state index >= 15 is 0 Å². The van der Waals surface area contributed by atoms with Gasteiger partial charge in [0, 0.05) is 17.4 Å². The highest BCUT2D eigenvalue weighted by molar-refractivity contribution is 7.78. The number of hydrogen-bond acceptors (Lipinski definition) is 4. The van der Waals surface area contributed by atoms with Crippen LogP contribution in [0.4, 0.5) is 0 Å². The predicted octanol–water partition coefficient (Wildman–Crippen LogP) is 0.929. The zero-order valence-electron chi connectivity index (χ0n) is 2.21. The van der Waals surface area contributed by atoms with Gasteiger partial charge in [0.25, 0.3) is 0 Å². The fourth-order valence-corrected chi connectivity index (χ4v) is 0. The molecule has 0 aromatic heterocycles. The Morgan fingerprint density at radius 3 is 1.60 bits per heavy atom. The summed E-state index contributed by atoms with van der Waals surface area (Å²) >= 11 is 2.86. The molecule has 0 atom stereocenters. The van der Waals surface area contributed by atoms with Crippen LogP contribution in [-0.2, 0) is 0 Å². The van der Waals surface area contributed by atoms with Gasteiger partial charge in [-0.05, 0) is 0 Å². The van der Waals surface area contributed by atoms with Gasteiger partial charge in [0.1, 0.15) is 0 Å². The fourth-order valence-electron chi connectivity index (χ4n) is 0. The van der Waals surface area contributed by atoms with E-state index in [1.807, 2.05) is 4.58 Å². The Kier molecular flexibility index (Phi) is 135. The van der Waals surface area contributed by atoms with E-state index in [0.29, 0.717) is 0 Å². The predicted molar refractivity (Wildman–Crippen MR) is 20.9 cm³/mol. The van der Waals surface area contributed by atoms with Crippen LogP contribution in [0.25, 0.3) is 0 Å². The van der Waals surface area contributed by atoms with E-state index in [-0.39, 0.29) is 0 Å². The third kappa shape index (κ3) is 42.1. The molecule has 0 unspecified atom stereocenters. The van der Waals surface area contributed by atoms with Crippen LogP contribution in [0.1, 0.15) is 0 Å². The molecule has 0 aromatic rings. The second-order valence-corrected chi connectivity index (χ2v) is 0.245. The van der Waals surface area contributed by atoms with Gasteiger partial charge in [0.15, 0.2) is 0 Å². The molecule has 0 aliphatic carbocycles. The Morgan fingerprint density at radius 1 is 1.60 bits per heavy atom. The van der Waals surface area contributed by atoms with E-state index in [1.165, 1.54) is 0 Å². The van der Waals surface area contributed by atoms with Crippen molar-refractivity contribution in [3.63, 3.8) is 0 Å². The summed E-state index contributed by atoms with van der Waals surface area (Å²) in [6.45, 7) is 0. The van der Waals surface area contributed by atoms with Crippen molar-refractivity contribution < 1.29 is 0 Å². The van der Waals surface area contributed by atoms with Crippen LogP contribution in [0, 0.1) is 15.4 Å². The van der Waals surface area contributed by atoms with Gasteiger partial charge in [-0.25, -0.2) is 0 Å². The molecule has 30 valence electrons. The smallest absolute Gasteiger partial charge is 0.00369 e. The molecular formula is H2N2O2S. The molecule has 5 heavy (non-hydrogen) atoms. The minimum atomic E-state index is 1.94. The topological polar surface area (TPSA) is 70.3 Å². The lowest BCUT2D eigenvalue weighted by atomic mass is 13.7. The second kappa shape index (κ2) is 76.3. The Labute approximate surface area is 33.9 Å². The lowest BCUT2D eigenvalue weighted by Crippen LogP contribution is -0.950. The normalized spacial score (nSPS) is 3.40. The molecule has 0 fully saturated rings. The lowest BCUT2D eigenvalue weighted by molar-refractivity contribution is 1.49. The summed E-state index contributed by atoms with van der Waals surface area (Å²) in [5, 5.41) is 0. The van der Waals surface area contributed by atoms with Crippen molar-refractivity contribution in [2.45, 2.75) is 0 Å². The van der Waals surface area contributed by atoms with E-state index in [4.69, 9.17) is 9.81 Å². The van der Waals surface area contributed by atoms with Crippen molar-refractivity contribution in [2.75, 3.05) is 0 Å². The number of rotatable bonds is 0. The number of thiol groups is 1. The van der Waals surface area contributed by atoms with E-state index in [9.17, 15) is 0 Å². The summed E-state index contributed by atoms with van der Waals surface area (Å²) in [5.41, 5.74) is 4.50. The molecule has 0 spiro atoms. The first-order valence-electron chi connectivity index (χ1n) is 0.587. The van der Waals surface area contributed by atoms with Crippen LogP contribution in [-0.4, -0.2) is 0 Å². The maximum absolute atomic E-state index is 8.42. The highest BCUT2D eigenvalue weighted by atomic mass is 32.1. The summed E-state index contributed by atoms with van der Waals surface area (Å²) in [6, 6.07) is 0. The first kappa shape index (κ1) is 8.82. The Bertz CT molecular complexity index is 21.6. The molecule has 0 aliphatic heterocycles. The van der Waals surface area contributed by atoms with Crippen LogP contribution >= 0.6 is 12.8 Å². The van der Waals surface area contributed by atoms with Crippen molar-refractivity contribution in [2.24, 2.45) is 4.58 Å². The van der Waals surface area contributed by atoms with E-state index in [0.717, 1.165) is 0 Å². The third-order valence-corrected chi connectivity index (χ3v) is 0. The van der Waals surface area contributed by atoms with E-state index in [1.54, 1.807) is 0 Å². The van der Waals surface area contributed by atoms with Crippen molar-refractivity contribution in [1.82, 2.24) is 0 Å². The molecule has 0 radical (unpaired) electrons. The Hall–Kier alpha value is -0.450. The molecule has 0 saturated carbocycles. The maximum Gasteiger partial charge on any atom is 0.00369 e.